The number of nitrogens with one attached hydrogen (secondary N) is 2. The lowest BCUT2D eigenvalue weighted by Gasteiger charge is -2.11. The van der Waals surface area contributed by atoms with Crippen molar-refractivity contribution in [2.24, 2.45) is 0 Å². The van der Waals surface area contributed by atoms with E-state index >= 15 is 0 Å². The van der Waals surface area contributed by atoms with Gasteiger partial charge < -0.3 is 15.0 Å². The van der Waals surface area contributed by atoms with Crippen LogP contribution in [-0.4, -0.2) is 27.7 Å². The van der Waals surface area contributed by atoms with Gasteiger partial charge in [0.05, 0.1) is 6.54 Å². The molecule has 0 atom stereocenters. The van der Waals surface area contributed by atoms with Crippen LogP contribution in [0.3, 0.4) is 0 Å². The number of carbonyl (C=O) groups excluding carboxylic acids is 2. The Morgan fingerprint density at radius 2 is 1.72 bits per heavy atom. The number of aryl methyl sites for hydroxylation is 3. The van der Waals surface area contributed by atoms with Crippen LogP contribution in [0.4, 0.5) is 5.69 Å². The molecule has 6 nitrogen and oxygen atoms in total. The zero-order valence-electron chi connectivity index (χ0n) is 14.5. The van der Waals surface area contributed by atoms with Gasteiger partial charge >= 0.3 is 0 Å². The Morgan fingerprint density at radius 3 is 2.40 bits per heavy atom. The number of carbonyl (C=O) groups is 2. The van der Waals surface area contributed by atoms with Crippen molar-refractivity contribution in [3.8, 4) is 0 Å². The number of hydrogen-bond acceptors (Lipinski definition) is 3. The quantitative estimate of drug-likeness (QED) is 0.769. The minimum atomic E-state index is -0.375. The first-order valence-electron chi connectivity index (χ1n) is 8.04. The summed E-state index contributed by atoms with van der Waals surface area (Å²) in [4.78, 5) is 28.7. The summed E-state index contributed by atoms with van der Waals surface area (Å²) in [5.41, 5.74) is 4.72. The number of amides is 2. The molecular formula is C19H20N4O2. The fourth-order valence-electron chi connectivity index (χ4n) is 2.70. The van der Waals surface area contributed by atoms with Crippen LogP contribution < -0.4 is 10.6 Å². The average molecular weight is 336 g/mol. The lowest BCUT2D eigenvalue weighted by atomic mass is 10.1. The third-order valence-corrected chi connectivity index (χ3v) is 4.08. The minimum absolute atomic E-state index is 0.112. The second kappa shape index (κ2) is 6.76. The van der Waals surface area contributed by atoms with Crippen LogP contribution in [0.15, 0.2) is 42.6 Å². The second-order valence-electron chi connectivity index (χ2n) is 6.02. The van der Waals surface area contributed by atoms with Crippen LogP contribution in [0.25, 0.3) is 5.65 Å². The van der Waals surface area contributed by atoms with Crippen LogP contribution in [-0.2, 0) is 4.79 Å². The number of hydrogen-bond donors (Lipinski definition) is 2. The van der Waals surface area contributed by atoms with Crippen molar-refractivity contribution in [1.29, 1.82) is 0 Å². The molecule has 0 spiro atoms. The fraction of sp³-hybridized carbons (Fsp3) is 0.211. The second-order valence-corrected chi connectivity index (χ2v) is 6.02. The summed E-state index contributed by atoms with van der Waals surface area (Å²) in [7, 11) is 0. The fourth-order valence-corrected chi connectivity index (χ4v) is 2.70. The van der Waals surface area contributed by atoms with E-state index in [4.69, 9.17) is 0 Å². The molecule has 0 aliphatic rings. The SMILES string of the molecule is Cc1cccc(C)c1NC(=O)CNC(=O)c1cn2c(C)cccc2n1. The van der Waals surface area contributed by atoms with Gasteiger partial charge in [-0.25, -0.2) is 4.98 Å². The van der Waals surface area contributed by atoms with Crippen molar-refractivity contribution in [2.45, 2.75) is 20.8 Å². The molecule has 0 bridgehead atoms. The molecule has 6 heteroatoms. The lowest BCUT2D eigenvalue weighted by Crippen LogP contribution is -2.33. The Morgan fingerprint density at radius 1 is 1.04 bits per heavy atom. The van der Waals surface area contributed by atoms with E-state index in [0.29, 0.717) is 5.65 Å². The molecule has 2 amide bonds. The van der Waals surface area contributed by atoms with Gasteiger partial charge in [-0.15, -0.1) is 0 Å². The number of aromatic nitrogens is 2. The summed E-state index contributed by atoms with van der Waals surface area (Å²) in [6.45, 7) is 5.69. The molecule has 2 aromatic heterocycles. The molecule has 1 aromatic carbocycles. The predicted molar refractivity (Wildman–Crippen MR) is 96.8 cm³/mol. The molecule has 0 radical (unpaired) electrons. The van der Waals surface area contributed by atoms with Crippen molar-refractivity contribution >= 4 is 23.1 Å². The third kappa shape index (κ3) is 3.52. The van der Waals surface area contributed by atoms with Gasteiger partial charge in [0.2, 0.25) is 5.91 Å². The summed E-state index contributed by atoms with van der Waals surface area (Å²) >= 11 is 0. The first kappa shape index (κ1) is 16.7. The van der Waals surface area contributed by atoms with E-state index in [1.54, 1.807) is 6.20 Å². The number of para-hydroxylation sites is 1. The molecule has 2 heterocycles. The molecule has 2 N–H and O–H groups in total. The molecule has 25 heavy (non-hydrogen) atoms. The monoisotopic (exact) mass is 336 g/mol. The average Bonchev–Trinajstić information content (AvgIpc) is 3.02. The molecule has 0 aliphatic carbocycles. The Hall–Kier alpha value is -3.15. The number of fused-ring (bicyclic) bond motifs is 1. The smallest absolute Gasteiger partial charge is 0.271 e. The lowest BCUT2D eigenvalue weighted by molar-refractivity contribution is -0.115. The van der Waals surface area contributed by atoms with Gasteiger partial charge in [0, 0.05) is 17.6 Å². The molecule has 0 saturated carbocycles. The molecular weight excluding hydrogens is 316 g/mol. The summed E-state index contributed by atoms with van der Waals surface area (Å²) in [5.74, 6) is -0.648. The van der Waals surface area contributed by atoms with Gasteiger partial charge in [-0.3, -0.25) is 9.59 Å². The van der Waals surface area contributed by atoms with E-state index in [2.05, 4.69) is 15.6 Å². The Bertz CT molecular complexity index is 939. The van der Waals surface area contributed by atoms with Crippen molar-refractivity contribution in [3.63, 3.8) is 0 Å². The highest BCUT2D eigenvalue weighted by Gasteiger charge is 2.13. The van der Waals surface area contributed by atoms with Crippen LogP contribution >= 0.6 is 0 Å². The van der Waals surface area contributed by atoms with Crippen LogP contribution in [0.5, 0.6) is 0 Å². The normalized spacial score (nSPS) is 10.7. The number of pyridine rings is 1. The summed E-state index contributed by atoms with van der Waals surface area (Å²) in [6.07, 6.45) is 1.67. The molecule has 128 valence electrons. The number of benzene rings is 1. The standard InChI is InChI=1S/C19H20N4O2/c1-12-6-4-7-13(2)18(12)22-17(24)10-20-19(25)15-11-23-14(3)8-5-9-16(23)21-15/h4-9,11H,10H2,1-3H3,(H,20,25)(H,22,24). The molecule has 0 aliphatic heterocycles. The van der Waals surface area contributed by atoms with Crippen molar-refractivity contribution < 1.29 is 9.59 Å². The molecule has 3 aromatic rings. The van der Waals surface area contributed by atoms with E-state index in [1.165, 1.54) is 0 Å². The summed E-state index contributed by atoms with van der Waals surface area (Å²) in [6, 6.07) is 11.5. The predicted octanol–water partition coefficient (Wildman–Crippen LogP) is 2.63. The van der Waals surface area contributed by atoms with Gasteiger partial charge in [0.15, 0.2) is 0 Å². The Balaban J connectivity index is 1.65. The zero-order chi connectivity index (χ0) is 18.0. The first-order chi connectivity index (χ1) is 12.0. The van der Waals surface area contributed by atoms with Gasteiger partial charge in [-0.05, 0) is 44.0 Å². The zero-order valence-corrected chi connectivity index (χ0v) is 14.5. The maximum Gasteiger partial charge on any atom is 0.271 e. The maximum absolute atomic E-state index is 12.2. The number of imidazole rings is 1. The Kier molecular flexibility index (Phi) is 4.52. The van der Waals surface area contributed by atoms with Crippen LogP contribution in [0.2, 0.25) is 0 Å². The molecule has 0 unspecified atom stereocenters. The van der Waals surface area contributed by atoms with Crippen molar-refractivity contribution in [2.75, 3.05) is 11.9 Å². The highest BCUT2D eigenvalue weighted by atomic mass is 16.2. The van der Waals surface area contributed by atoms with E-state index in [0.717, 1.165) is 22.5 Å². The van der Waals surface area contributed by atoms with Crippen molar-refractivity contribution in [3.05, 3.63) is 65.1 Å². The van der Waals surface area contributed by atoms with Gasteiger partial charge in [0.25, 0.3) is 5.91 Å². The molecule has 0 fully saturated rings. The maximum atomic E-state index is 12.2. The van der Waals surface area contributed by atoms with Gasteiger partial charge in [0.1, 0.15) is 11.3 Å². The summed E-state index contributed by atoms with van der Waals surface area (Å²) in [5, 5.41) is 5.45. The first-order valence-corrected chi connectivity index (χ1v) is 8.04. The number of anilines is 1. The highest BCUT2D eigenvalue weighted by Crippen LogP contribution is 2.19. The minimum Gasteiger partial charge on any atom is -0.342 e. The van der Waals surface area contributed by atoms with Crippen LogP contribution in [0, 0.1) is 20.8 Å². The largest absolute Gasteiger partial charge is 0.342 e. The highest BCUT2D eigenvalue weighted by molar-refractivity contribution is 5.99. The van der Waals surface area contributed by atoms with E-state index in [1.807, 2.05) is 61.6 Å². The number of rotatable bonds is 4. The van der Waals surface area contributed by atoms with Crippen LogP contribution in [0.1, 0.15) is 27.3 Å². The van der Waals surface area contributed by atoms with E-state index in [9.17, 15) is 9.59 Å². The molecule has 0 saturated heterocycles. The van der Waals surface area contributed by atoms with Gasteiger partial charge in [-0.2, -0.15) is 0 Å². The van der Waals surface area contributed by atoms with E-state index < -0.39 is 0 Å². The Labute approximate surface area is 145 Å². The third-order valence-electron chi connectivity index (χ3n) is 4.08. The number of nitrogens with zero attached hydrogens (tertiary/aromatic N) is 2. The van der Waals surface area contributed by atoms with E-state index in [-0.39, 0.29) is 24.1 Å². The topological polar surface area (TPSA) is 75.5 Å². The summed E-state index contributed by atoms with van der Waals surface area (Å²) < 4.78 is 1.84. The van der Waals surface area contributed by atoms with Gasteiger partial charge in [-0.1, -0.05) is 24.3 Å². The molecule has 3 rings (SSSR count). The van der Waals surface area contributed by atoms with Crippen molar-refractivity contribution in [1.82, 2.24) is 14.7 Å².